The highest BCUT2D eigenvalue weighted by atomic mass is 19.1. The van der Waals surface area contributed by atoms with E-state index in [1.165, 1.54) is 12.1 Å². The van der Waals surface area contributed by atoms with Crippen molar-refractivity contribution < 1.29 is 19.0 Å². The summed E-state index contributed by atoms with van der Waals surface area (Å²) in [6, 6.07) is 19.9. The minimum absolute atomic E-state index is 0.00259. The Labute approximate surface area is 227 Å². The van der Waals surface area contributed by atoms with Crippen molar-refractivity contribution in [1.82, 2.24) is 14.8 Å². The molecule has 1 fully saturated rings. The van der Waals surface area contributed by atoms with E-state index in [-0.39, 0.29) is 18.2 Å². The zero-order valence-corrected chi connectivity index (χ0v) is 21.9. The van der Waals surface area contributed by atoms with Crippen molar-refractivity contribution in [3.05, 3.63) is 96.1 Å². The number of nitrogens with one attached hydrogen (secondary N) is 1. The number of hydrogen-bond acceptors (Lipinski definition) is 6. The summed E-state index contributed by atoms with van der Waals surface area (Å²) >= 11 is 0. The Morgan fingerprint density at radius 3 is 2.67 bits per heavy atom. The number of benzene rings is 2. The number of aromatic nitrogens is 3. The Balaban J connectivity index is 1.63. The van der Waals surface area contributed by atoms with Gasteiger partial charge in [0.15, 0.2) is 0 Å². The molecule has 200 valence electrons. The lowest BCUT2D eigenvalue weighted by Gasteiger charge is -2.23. The molecule has 2 aromatic heterocycles. The monoisotopic (exact) mass is 526 g/mol. The largest absolute Gasteiger partial charge is 0.458 e. The van der Waals surface area contributed by atoms with Crippen LogP contribution in [-0.4, -0.2) is 38.0 Å². The molecule has 0 radical (unpaired) electrons. The van der Waals surface area contributed by atoms with Crippen molar-refractivity contribution in [3.63, 3.8) is 0 Å². The molecule has 5 rings (SSSR count). The summed E-state index contributed by atoms with van der Waals surface area (Å²) in [6.45, 7) is 4.21. The van der Waals surface area contributed by atoms with Gasteiger partial charge in [0.2, 0.25) is 0 Å². The Morgan fingerprint density at radius 1 is 1.18 bits per heavy atom. The van der Waals surface area contributed by atoms with E-state index < -0.39 is 18.2 Å². The van der Waals surface area contributed by atoms with E-state index >= 15 is 0 Å². The molecule has 2 aromatic carbocycles. The van der Waals surface area contributed by atoms with E-state index in [4.69, 9.17) is 9.84 Å². The standard InChI is InChI=1S/C31H31FN4O3/c1-3-20(2)30-27(14-13-26-18-25(37)19-29(38)39-26)31(21-9-11-22(32)12-10-21)36(35-30)24-15-16-33-28(17-24)34-23-7-5-4-6-8-23/h4-17,20,25-26,37H,3,18-19H2,1-2H3,(H,33,34)/b14-13+/t20?,25-,26+/m1/s1. The number of rotatable bonds is 8. The number of aliphatic hydroxyl groups is 1. The highest BCUT2D eigenvalue weighted by Crippen LogP contribution is 2.35. The number of pyridine rings is 1. The highest BCUT2D eigenvalue weighted by molar-refractivity contribution is 5.77. The van der Waals surface area contributed by atoms with Gasteiger partial charge in [0.05, 0.1) is 29.6 Å². The molecule has 0 spiro atoms. The predicted molar refractivity (Wildman–Crippen MR) is 149 cm³/mol. The molecule has 3 heterocycles. The average Bonchev–Trinajstić information content (AvgIpc) is 3.31. The highest BCUT2D eigenvalue weighted by Gasteiger charge is 2.27. The predicted octanol–water partition coefficient (Wildman–Crippen LogP) is 6.41. The van der Waals surface area contributed by atoms with Crippen LogP contribution in [0, 0.1) is 5.82 Å². The van der Waals surface area contributed by atoms with Crippen molar-refractivity contribution in [2.75, 3.05) is 5.32 Å². The Morgan fingerprint density at radius 2 is 1.95 bits per heavy atom. The lowest BCUT2D eigenvalue weighted by molar-refractivity contribution is -0.156. The van der Waals surface area contributed by atoms with Crippen LogP contribution in [0.4, 0.5) is 15.9 Å². The van der Waals surface area contributed by atoms with Gasteiger partial charge in [-0.05, 0) is 55.0 Å². The van der Waals surface area contributed by atoms with Gasteiger partial charge in [-0.15, -0.1) is 0 Å². The van der Waals surface area contributed by atoms with Crippen LogP contribution in [0.1, 0.15) is 50.3 Å². The van der Waals surface area contributed by atoms with E-state index in [9.17, 15) is 14.3 Å². The quantitative estimate of drug-likeness (QED) is 0.258. The second-order valence-corrected chi connectivity index (χ2v) is 9.75. The third kappa shape index (κ3) is 6.07. The summed E-state index contributed by atoms with van der Waals surface area (Å²) in [6.07, 6.45) is 5.34. The molecule has 4 aromatic rings. The molecule has 1 aliphatic heterocycles. The molecule has 1 saturated heterocycles. The normalized spacial score (nSPS) is 18.2. The summed E-state index contributed by atoms with van der Waals surface area (Å²) in [5.41, 5.74) is 4.97. The van der Waals surface area contributed by atoms with Crippen LogP contribution in [0.2, 0.25) is 0 Å². The SMILES string of the molecule is CCC(C)c1nn(-c2ccnc(Nc3ccccc3)c2)c(-c2ccc(F)cc2)c1/C=C/[C@H]1C[C@@H](O)CC(=O)O1. The number of ether oxygens (including phenoxy) is 1. The van der Waals surface area contributed by atoms with Gasteiger partial charge in [-0.2, -0.15) is 5.10 Å². The summed E-state index contributed by atoms with van der Waals surface area (Å²) in [5.74, 6) is 0.0264. The molecule has 0 saturated carbocycles. The van der Waals surface area contributed by atoms with E-state index in [0.717, 1.165) is 40.3 Å². The van der Waals surface area contributed by atoms with Gasteiger partial charge in [0.1, 0.15) is 17.7 Å². The molecule has 0 aliphatic carbocycles. The molecule has 1 unspecified atom stereocenters. The third-order valence-electron chi connectivity index (χ3n) is 6.85. The van der Waals surface area contributed by atoms with Gasteiger partial charge in [-0.25, -0.2) is 14.1 Å². The number of cyclic esters (lactones) is 1. The average molecular weight is 527 g/mol. The zero-order valence-electron chi connectivity index (χ0n) is 21.9. The summed E-state index contributed by atoms with van der Waals surface area (Å²) in [5, 5.41) is 18.4. The molecule has 0 amide bonds. The van der Waals surface area contributed by atoms with Crippen molar-refractivity contribution in [2.45, 2.75) is 51.2 Å². The number of para-hydroxylation sites is 1. The molecule has 0 bridgehead atoms. The number of carbonyl (C=O) groups excluding carboxylic acids is 1. The Kier molecular flexibility index (Phi) is 7.84. The van der Waals surface area contributed by atoms with Crippen molar-refractivity contribution in [3.8, 4) is 16.9 Å². The van der Waals surface area contributed by atoms with E-state index in [1.54, 1.807) is 24.4 Å². The Hall–Kier alpha value is -4.30. The second-order valence-electron chi connectivity index (χ2n) is 9.75. The summed E-state index contributed by atoms with van der Waals surface area (Å²) < 4.78 is 21.2. The maximum atomic E-state index is 13.9. The molecular formula is C31H31FN4O3. The molecular weight excluding hydrogens is 495 g/mol. The number of hydrogen-bond donors (Lipinski definition) is 2. The van der Waals surface area contributed by atoms with E-state index in [1.807, 2.05) is 53.2 Å². The van der Waals surface area contributed by atoms with Gasteiger partial charge in [-0.1, -0.05) is 38.1 Å². The third-order valence-corrected chi connectivity index (χ3v) is 6.85. The van der Waals surface area contributed by atoms with Crippen LogP contribution in [0.5, 0.6) is 0 Å². The first kappa shape index (κ1) is 26.3. The molecule has 3 atom stereocenters. The van der Waals surface area contributed by atoms with Crippen LogP contribution in [0.3, 0.4) is 0 Å². The summed E-state index contributed by atoms with van der Waals surface area (Å²) in [4.78, 5) is 16.4. The maximum absolute atomic E-state index is 13.9. The lowest BCUT2D eigenvalue weighted by atomic mass is 9.96. The first-order valence-corrected chi connectivity index (χ1v) is 13.1. The lowest BCUT2D eigenvalue weighted by Crippen LogP contribution is -2.31. The topological polar surface area (TPSA) is 89.3 Å². The van der Waals surface area contributed by atoms with Crippen LogP contribution in [0.15, 0.2) is 79.0 Å². The van der Waals surface area contributed by atoms with Gasteiger partial charge < -0.3 is 15.2 Å². The van der Waals surface area contributed by atoms with Gasteiger partial charge in [0.25, 0.3) is 0 Å². The molecule has 1 aliphatic rings. The van der Waals surface area contributed by atoms with Crippen LogP contribution in [0.25, 0.3) is 23.0 Å². The van der Waals surface area contributed by atoms with Gasteiger partial charge in [0, 0.05) is 41.4 Å². The van der Waals surface area contributed by atoms with Crippen molar-refractivity contribution >= 4 is 23.6 Å². The smallest absolute Gasteiger partial charge is 0.309 e. The van der Waals surface area contributed by atoms with Crippen molar-refractivity contribution in [1.29, 1.82) is 0 Å². The Bertz CT molecular complexity index is 1470. The van der Waals surface area contributed by atoms with Crippen LogP contribution in [-0.2, 0) is 9.53 Å². The van der Waals surface area contributed by atoms with E-state index in [0.29, 0.717) is 12.2 Å². The zero-order chi connectivity index (χ0) is 27.4. The number of anilines is 2. The maximum Gasteiger partial charge on any atom is 0.309 e. The molecule has 8 heteroatoms. The van der Waals surface area contributed by atoms with Gasteiger partial charge >= 0.3 is 5.97 Å². The number of nitrogens with zero attached hydrogens (tertiary/aromatic N) is 3. The summed E-state index contributed by atoms with van der Waals surface area (Å²) in [7, 11) is 0. The van der Waals surface area contributed by atoms with Crippen LogP contribution >= 0.6 is 0 Å². The first-order chi connectivity index (χ1) is 18.9. The number of esters is 1. The van der Waals surface area contributed by atoms with E-state index in [2.05, 4.69) is 24.1 Å². The molecule has 39 heavy (non-hydrogen) atoms. The molecule has 7 nitrogen and oxygen atoms in total. The fourth-order valence-corrected chi connectivity index (χ4v) is 4.66. The number of aliphatic hydroxyl groups excluding tert-OH is 1. The number of carbonyl (C=O) groups is 1. The number of halogens is 1. The first-order valence-electron chi connectivity index (χ1n) is 13.1. The fraction of sp³-hybridized carbons (Fsp3) is 0.258. The fourth-order valence-electron chi connectivity index (χ4n) is 4.66. The minimum atomic E-state index is -0.735. The minimum Gasteiger partial charge on any atom is -0.458 e. The van der Waals surface area contributed by atoms with Gasteiger partial charge in [-0.3, -0.25) is 4.79 Å². The molecule has 2 N–H and O–H groups in total. The second kappa shape index (κ2) is 11.6. The van der Waals surface area contributed by atoms with Crippen molar-refractivity contribution in [2.24, 2.45) is 0 Å². The van der Waals surface area contributed by atoms with Crippen LogP contribution < -0.4 is 5.32 Å².